The lowest BCUT2D eigenvalue weighted by Gasteiger charge is -2.30. The first-order valence-electron chi connectivity index (χ1n) is 11.0. The summed E-state index contributed by atoms with van der Waals surface area (Å²) in [5.74, 6) is -0.425. The molecule has 34 heavy (non-hydrogen) atoms. The Hall–Kier alpha value is -3.43. The van der Waals surface area contributed by atoms with Crippen LogP contribution in [0.5, 0.6) is 5.75 Å². The Balaban J connectivity index is 1.33. The molecule has 1 fully saturated rings. The van der Waals surface area contributed by atoms with Gasteiger partial charge in [0.15, 0.2) is 6.61 Å². The van der Waals surface area contributed by atoms with Gasteiger partial charge in [0, 0.05) is 24.7 Å². The van der Waals surface area contributed by atoms with Crippen LogP contribution in [0.25, 0.3) is 10.8 Å². The van der Waals surface area contributed by atoms with E-state index in [-0.39, 0.29) is 36.4 Å². The number of rotatable bonds is 7. The molecule has 1 saturated heterocycles. The Morgan fingerprint density at radius 1 is 0.971 bits per heavy atom. The third kappa shape index (κ3) is 5.37. The van der Waals surface area contributed by atoms with Crippen molar-refractivity contribution >= 4 is 38.4 Å². The van der Waals surface area contributed by atoms with Crippen LogP contribution in [-0.2, 0) is 24.3 Å². The second kappa shape index (κ2) is 10.2. The molecule has 0 aliphatic carbocycles. The number of amides is 1. The zero-order valence-corrected chi connectivity index (χ0v) is 19.6. The average molecular weight is 483 g/mol. The Bertz CT molecular complexity index is 1280. The summed E-state index contributed by atoms with van der Waals surface area (Å²) >= 11 is 0. The van der Waals surface area contributed by atoms with E-state index in [1.807, 2.05) is 30.3 Å². The van der Waals surface area contributed by atoms with Crippen LogP contribution in [0.1, 0.15) is 12.8 Å². The largest absolute Gasteiger partial charge is 0.482 e. The van der Waals surface area contributed by atoms with Gasteiger partial charge in [-0.3, -0.25) is 4.79 Å². The molecule has 0 saturated carbocycles. The monoisotopic (exact) mass is 482 g/mol. The highest BCUT2D eigenvalue weighted by molar-refractivity contribution is 7.89. The van der Waals surface area contributed by atoms with Crippen molar-refractivity contribution in [3.63, 3.8) is 0 Å². The van der Waals surface area contributed by atoms with E-state index in [0.29, 0.717) is 24.3 Å². The van der Waals surface area contributed by atoms with Gasteiger partial charge in [0.1, 0.15) is 5.75 Å². The number of ether oxygens (including phenoxy) is 2. The van der Waals surface area contributed by atoms with Crippen LogP contribution in [0.4, 0.5) is 5.69 Å². The van der Waals surface area contributed by atoms with Gasteiger partial charge in [0.2, 0.25) is 15.9 Å². The highest BCUT2D eigenvalue weighted by atomic mass is 32.2. The fourth-order valence-corrected chi connectivity index (χ4v) is 5.42. The fraction of sp³-hybridized carbons (Fsp3) is 0.280. The van der Waals surface area contributed by atoms with Gasteiger partial charge in [-0.05, 0) is 60.0 Å². The van der Waals surface area contributed by atoms with E-state index in [4.69, 9.17) is 4.74 Å². The van der Waals surface area contributed by atoms with Crippen molar-refractivity contribution in [3.05, 3.63) is 66.7 Å². The van der Waals surface area contributed by atoms with Crippen LogP contribution in [0.15, 0.2) is 71.6 Å². The van der Waals surface area contributed by atoms with Gasteiger partial charge in [0.05, 0.1) is 12.0 Å². The minimum absolute atomic E-state index is 0.147. The number of sulfonamides is 1. The van der Waals surface area contributed by atoms with E-state index in [2.05, 4.69) is 10.1 Å². The molecule has 0 radical (unpaired) electrons. The smallest absolute Gasteiger partial charge is 0.343 e. The maximum absolute atomic E-state index is 13.1. The first-order chi connectivity index (χ1) is 16.4. The molecule has 4 rings (SSSR count). The predicted octanol–water partition coefficient (Wildman–Crippen LogP) is 3.43. The Kier molecular flexibility index (Phi) is 7.14. The summed E-state index contributed by atoms with van der Waals surface area (Å²) in [6.45, 7) is 0.379. The normalized spacial score (nSPS) is 15.1. The van der Waals surface area contributed by atoms with Gasteiger partial charge in [-0.1, -0.05) is 30.3 Å². The van der Waals surface area contributed by atoms with E-state index in [0.717, 1.165) is 10.8 Å². The third-order valence-electron chi connectivity index (χ3n) is 5.89. The van der Waals surface area contributed by atoms with Gasteiger partial charge in [-0.2, -0.15) is 4.31 Å². The second-order valence-electron chi connectivity index (χ2n) is 8.07. The molecule has 8 nitrogen and oxygen atoms in total. The summed E-state index contributed by atoms with van der Waals surface area (Å²) in [6.07, 6.45) is 0.887. The van der Waals surface area contributed by atoms with E-state index < -0.39 is 16.0 Å². The van der Waals surface area contributed by atoms with Crippen molar-refractivity contribution in [1.82, 2.24) is 4.31 Å². The molecule has 3 aromatic carbocycles. The van der Waals surface area contributed by atoms with Crippen LogP contribution in [0.2, 0.25) is 0 Å². The number of esters is 1. The van der Waals surface area contributed by atoms with Gasteiger partial charge in [0.25, 0.3) is 0 Å². The average Bonchev–Trinajstić information content (AvgIpc) is 2.87. The number of carbonyl (C=O) groups excluding carboxylic acids is 2. The zero-order valence-electron chi connectivity index (χ0n) is 18.8. The van der Waals surface area contributed by atoms with Crippen molar-refractivity contribution in [2.24, 2.45) is 5.92 Å². The van der Waals surface area contributed by atoms with E-state index in [9.17, 15) is 18.0 Å². The molecule has 1 aliphatic rings. The molecule has 0 aromatic heterocycles. The van der Waals surface area contributed by atoms with Crippen LogP contribution in [0.3, 0.4) is 0 Å². The summed E-state index contributed by atoms with van der Waals surface area (Å²) in [5, 5.41) is 4.73. The highest BCUT2D eigenvalue weighted by Gasteiger charge is 2.32. The number of fused-ring (bicyclic) bond motifs is 1. The first-order valence-corrected chi connectivity index (χ1v) is 12.4. The zero-order chi connectivity index (χ0) is 24.1. The molecule has 1 aliphatic heterocycles. The van der Waals surface area contributed by atoms with Crippen LogP contribution >= 0.6 is 0 Å². The van der Waals surface area contributed by atoms with Crippen molar-refractivity contribution in [2.45, 2.75) is 17.7 Å². The van der Waals surface area contributed by atoms with Crippen LogP contribution < -0.4 is 10.1 Å². The maximum Gasteiger partial charge on any atom is 0.343 e. The SMILES string of the molecule is COC(=O)COc1ccc(NC(=O)C2CCN(S(=O)(=O)c3ccc4ccccc4c3)CC2)cc1. The van der Waals surface area contributed by atoms with Crippen molar-refractivity contribution in [1.29, 1.82) is 0 Å². The highest BCUT2D eigenvalue weighted by Crippen LogP contribution is 2.27. The minimum atomic E-state index is -3.63. The molecule has 0 bridgehead atoms. The van der Waals surface area contributed by atoms with Crippen molar-refractivity contribution < 1.29 is 27.5 Å². The van der Waals surface area contributed by atoms with Gasteiger partial charge in [-0.15, -0.1) is 0 Å². The summed E-state index contributed by atoms with van der Waals surface area (Å²) < 4.78 is 37.5. The third-order valence-corrected chi connectivity index (χ3v) is 7.78. The molecular formula is C25H26N2O6S. The summed E-state index contributed by atoms with van der Waals surface area (Å²) in [7, 11) is -2.34. The number of carbonyl (C=O) groups is 2. The number of hydrogen-bond acceptors (Lipinski definition) is 6. The number of nitrogens with one attached hydrogen (secondary N) is 1. The molecule has 1 N–H and O–H groups in total. The lowest BCUT2D eigenvalue weighted by Crippen LogP contribution is -2.41. The van der Waals surface area contributed by atoms with Gasteiger partial charge < -0.3 is 14.8 Å². The van der Waals surface area contributed by atoms with E-state index in [1.54, 1.807) is 36.4 Å². The Morgan fingerprint density at radius 3 is 2.32 bits per heavy atom. The summed E-state index contributed by atoms with van der Waals surface area (Å²) in [6, 6.07) is 19.4. The van der Waals surface area contributed by atoms with Gasteiger partial charge >= 0.3 is 5.97 Å². The maximum atomic E-state index is 13.1. The lowest BCUT2D eigenvalue weighted by atomic mass is 9.97. The topological polar surface area (TPSA) is 102 Å². The first kappa shape index (κ1) is 23.7. The molecular weight excluding hydrogens is 456 g/mol. The number of nitrogens with zero attached hydrogens (tertiary/aromatic N) is 1. The number of methoxy groups -OCH3 is 1. The lowest BCUT2D eigenvalue weighted by molar-refractivity contribution is -0.142. The Morgan fingerprint density at radius 2 is 1.65 bits per heavy atom. The number of hydrogen-bond donors (Lipinski definition) is 1. The van der Waals surface area contributed by atoms with Gasteiger partial charge in [-0.25, -0.2) is 13.2 Å². The van der Waals surface area contributed by atoms with E-state index in [1.165, 1.54) is 11.4 Å². The predicted molar refractivity (Wildman–Crippen MR) is 128 cm³/mol. The molecule has 0 atom stereocenters. The van der Waals surface area contributed by atoms with Crippen molar-refractivity contribution in [2.75, 3.05) is 32.1 Å². The number of piperidine rings is 1. The molecule has 9 heteroatoms. The summed E-state index contributed by atoms with van der Waals surface area (Å²) in [5.41, 5.74) is 0.599. The molecule has 178 valence electrons. The Labute approximate surface area is 198 Å². The molecule has 3 aromatic rings. The molecule has 1 heterocycles. The molecule has 1 amide bonds. The fourth-order valence-electron chi connectivity index (χ4n) is 3.92. The number of benzene rings is 3. The molecule has 0 unspecified atom stereocenters. The van der Waals surface area contributed by atoms with Crippen molar-refractivity contribution in [3.8, 4) is 5.75 Å². The molecule has 0 spiro atoms. The minimum Gasteiger partial charge on any atom is -0.482 e. The quantitative estimate of drug-likeness (QED) is 0.518. The van der Waals surface area contributed by atoms with Crippen LogP contribution in [0, 0.1) is 5.92 Å². The van der Waals surface area contributed by atoms with E-state index >= 15 is 0 Å². The standard InChI is InChI=1S/C25H26N2O6S/c1-32-24(28)17-33-22-9-7-21(8-10-22)26-25(29)19-12-14-27(15-13-19)34(30,31)23-11-6-18-4-2-3-5-20(18)16-23/h2-11,16,19H,12-15,17H2,1H3,(H,26,29). The summed E-state index contributed by atoms with van der Waals surface area (Å²) in [4.78, 5) is 24.1. The van der Waals surface area contributed by atoms with Crippen LogP contribution in [-0.4, -0.2) is 51.4 Å². The second-order valence-corrected chi connectivity index (χ2v) is 10.0. The number of anilines is 1.